The van der Waals surface area contributed by atoms with E-state index >= 15 is 0 Å². The summed E-state index contributed by atoms with van der Waals surface area (Å²) in [4.78, 5) is 10.7. The third-order valence-corrected chi connectivity index (χ3v) is 1.70. The van der Waals surface area contributed by atoms with Gasteiger partial charge in [0.2, 0.25) is 0 Å². The molecule has 1 N–H and O–H groups in total. The predicted molar refractivity (Wildman–Crippen MR) is 43.1 cm³/mol. The van der Waals surface area contributed by atoms with Gasteiger partial charge >= 0.3 is 5.97 Å². The van der Waals surface area contributed by atoms with Crippen LogP contribution in [0.25, 0.3) is 0 Å². The van der Waals surface area contributed by atoms with E-state index in [9.17, 15) is 4.79 Å². The monoisotopic (exact) mass is 166 g/mol. The number of nitrogens with zero attached hydrogens (tertiary/aromatic N) is 2. The van der Waals surface area contributed by atoms with E-state index in [2.05, 4.69) is 10.2 Å². The summed E-state index contributed by atoms with van der Waals surface area (Å²) in [7, 11) is 0. The van der Waals surface area contributed by atoms with E-state index in [0.717, 1.165) is 5.56 Å². The lowest BCUT2D eigenvalue weighted by molar-refractivity contribution is 0.0694. The van der Waals surface area contributed by atoms with Crippen molar-refractivity contribution in [2.24, 2.45) is 0 Å². The van der Waals surface area contributed by atoms with Gasteiger partial charge in [-0.3, -0.25) is 0 Å². The van der Waals surface area contributed by atoms with Crippen molar-refractivity contribution in [3.8, 4) is 0 Å². The van der Waals surface area contributed by atoms with Gasteiger partial charge < -0.3 is 5.11 Å². The van der Waals surface area contributed by atoms with Gasteiger partial charge in [0.25, 0.3) is 0 Å². The Bertz CT molecular complexity index is 310. The molecule has 0 aliphatic carbocycles. The summed E-state index contributed by atoms with van der Waals surface area (Å²) >= 11 is 0. The molecule has 0 bridgehead atoms. The summed E-state index contributed by atoms with van der Waals surface area (Å²) < 4.78 is 0. The first kappa shape index (κ1) is 8.64. The first-order chi connectivity index (χ1) is 5.66. The Morgan fingerprint density at radius 3 is 2.75 bits per heavy atom. The number of hydrogen-bond donors (Lipinski definition) is 1. The van der Waals surface area contributed by atoms with Gasteiger partial charge in [-0.25, -0.2) is 4.79 Å². The van der Waals surface area contributed by atoms with E-state index in [1.165, 1.54) is 6.20 Å². The number of carbonyl (C=O) groups is 1. The summed E-state index contributed by atoms with van der Waals surface area (Å²) in [6.07, 6.45) is 2.16. The van der Waals surface area contributed by atoms with Crippen LogP contribution >= 0.6 is 0 Å². The Morgan fingerprint density at radius 1 is 1.67 bits per heavy atom. The van der Waals surface area contributed by atoms with Crippen molar-refractivity contribution in [2.45, 2.75) is 20.3 Å². The Balaban J connectivity index is 3.29. The molecule has 0 unspecified atom stereocenters. The molecule has 0 saturated heterocycles. The highest BCUT2D eigenvalue weighted by atomic mass is 16.4. The number of carboxylic acid groups (broad SMARTS) is 1. The van der Waals surface area contributed by atoms with Crippen LogP contribution in [0.2, 0.25) is 0 Å². The lowest BCUT2D eigenvalue weighted by atomic mass is 10.1. The molecule has 1 rings (SSSR count). The minimum absolute atomic E-state index is 0.285. The summed E-state index contributed by atoms with van der Waals surface area (Å²) in [5.74, 6) is -0.931. The van der Waals surface area contributed by atoms with Crippen LogP contribution < -0.4 is 0 Å². The second-order valence-corrected chi connectivity index (χ2v) is 2.49. The molecule has 0 aliphatic rings. The lowest BCUT2D eigenvalue weighted by Gasteiger charge is -2.03. The van der Waals surface area contributed by atoms with E-state index in [4.69, 9.17) is 5.11 Å². The molecule has 0 saturated carbocycles. The fourth-order valence-electron chi connectivity index (χ4n) is 1.09. The fourth-order valence-corrected chi connectivity index (χ4v) is 1.09. The minimum atomic E-state index is -0.931. The smallest absolute Gasteiger partial charge is 0.337 e. The quantitative estimate of drug-likeness (QED) is 0.713. The van der Waals surface area contributed by atoms with Crippen molar-refractivity contribution in [3.05, 3.63) is 23.0 Å². The largest absolute Gasteiger partial charge is 0.478 e. The average molecular weight is 166 g/mol. The van der Waals surface area contributed by atoms with Gasteiger partial charge in [0.1, 0.15) is 0 Å². The Hall–Kier alpha value is -1.45. The molecular formula is C8H10N2O2. The number of aromatic carboxylic acids is 1. The molecule has 1 heterocycles. The van der Waals surface area contributed by atoms with Crippen LogP contribution in [-0.4, -0.2) is 21.3 Å². The summed E-state index contributed by atoms with van der Waals surface area (Å²) in [6.45, 7) is 3.54. The van der Waals surface area contributed by atoms with Gasteiger partial charge in [-0.15, -0.1) is 0 Å². The number of rotatable bonds is 2. The molecule has 0 fully saturated rings. The van der Waals surface area contributed by atoms with Gasteiger partial charge in [0.05, 0.1) is 17.5 Å². The zero-order valence-corrected chi connectivity index (χ0v) is 7.03. The number of hydrogen-bond acceptors (Lipinski definition) is 3. The van der Waals surface area contributed by atoms with Crippen LogP contribution in [0.4, 0.5) is 0 Å². The molecule has 0 aromatic carbocycles. The highest BCUT2D eigenvalue weighted by Crippen LogP contribution is 2.10. The highest BCUT2D eigenvalue weighted by Gasteiger charge is 2.12. The van der Waals surface area contributed by atoms with Crippen LogP contribution in [0.5, 0.6) is 0 Å². The van der Waals surface area contributed by atoms with Crippen LogP contribution in [0.1, 0.15) is 28.5 Å². The Kier molecular flexibility index (Phi) is 2.38. The van der Waals surface area contributed by atoms with Crippen molar-refractivity contribution in [2.75, 3.05) is 0 Å². The third kappa shape index (κ3) is 1.42. The number of carboxylic acids is 1. The van der Waals surface area contributed by atoms with Gasteiger partial charge in [0.15, 0.2) is 0 Å². The zero-order valence-electron chi connectivity index (χ0n) is 7.03. The van der Waals surface area contributed by atoms with Crippen molar-refractivity contribution in [3.63, 3.8) is 0 Å². The number of aryl methyl sites for hydroxylation is 2. The summed E-state index contributed by atoms with van der Waals surface area (Å²) in [5.41, 5.74) is 1.49. The van der Waals surface area contributed by atoms with Gasteiger partial charge in [-0.1, -0.05) is 6.92 Å². The summed E-state index contributed by atoms with van der Waals surface area (Å²) in [6, 6.07) is 0. The van der Waals surface area contributed by atoms with Crippen LogP contribution in [0.3, 0.4) is 0 Å². The fraction of sp³-hybridized carbons (Fsp3) is 0.375. The molecule has 12 heavy (non-hydrogen) atoms. The van der Waals surface area contributed by atoms with Gasteiger partial charge in [0, 0.05) is 0 Å². The maximum atomic E-state index is 10.7. The normalized spacial score (nSPS) is 9.83. The van der Waals surface area contributed by atoms with E-state index in [1.807, 2.05) is 6.92 Å². The second kappa shape index (κ2) is 3.30. The van der Waals surface area contributed by atoms with Crippen molar-refractivity contribution < 1.29 is 9.90 Å². The molecule has 0 spiro atoms. The van der Waals surface area contributed by atoms with Crippen molar-refractivity contribution >= 4 is 5.97 Å². The van der Waals surface area contributed by atoms with Crippen LogP contribution in [-0.2, 0) is 6.42 Å². The number of aromatic nitrogens is 2. The lowest BCUT2D eigenvalue weighted by Crippen LogP contribution is -2.07. The minimum Gasteiger partial charge on any atom is -0.478 e. The van der Waals surface area contributed by atoms with E-state index in [-0.39, 0.29) is 5.56 Å². The van der Waals surface area contributed by atoms with Crippen molar-refractivity contribution in [1.29, 1.82) is 0 Å². The molecule has 0 aliphatic heterocycles. The molecule has 0 atom stereocenters. The molecule has 4 heteroatoms. The van der Waals surface area contributed by atoms with E-state index < -0.39 is 5.97 Å². The molecule has 64 valence electrons. The zero-order chi connectivity index (χ0) is 9.14. The molecule has 1 aromatic rings. The summed E-state index contributed by atoms with van der Waals surface area (Å²) in [5, 5.41) is 16.2. The Labute approximate surface area is 70.3 Å². The van der Waals surface area contributed by atoms with Gasteiger partial charge in [-0.05, 0) is 18.9 Å². The molecule has 0 amide bonds. The maximum Gasteiger partial charge on any atom is 0.337 e. The first-order valence-corrected chi connectivity index (χ1v) is 3.71. The highest BCUT2D eigenvalue weighted by molar-refractivity contribution is 5.90. The van der Waals surface area contributed by atoms with E-state index in [0.29, 0.717) is 12.1 Å². The molecule has 4 nitrogen and oxygen atoms in total. The molecular weight excluding hydrogens is 156 g/mol. The maximum absolute atomic E-state index is 10.7. The van der Waals surface area contributed by atoms with Crippen LogP contribution in [0, 0.1) is 6.92 Å². The first-order valence-electron chi connectivity index (χ1n) is 3.71. The molecule has 1 aromatic heterocycles. The average Bonchev–Trinajstić information content (AvgIpc) is 2.03. The second-order valence-electron chi connectivity index (χ2n) is 2.49. The van der Waals surface area contributed by atoms with Crippen molar-refractivity contribution in [1.82, 2.24) is 10.2 Å². The standard InChI is InChI=1S/C8H10N2O2/c1-3-6-4-9-10-5(2)7(6)8(11)12/h4H,3H2,1-2H3,(H,11,12). The topological polar surface area (TPSA) is 63.1 Å². The SMILES string of the molecule is CCc1cnnc(C)c1C(=O)O. The van der Waals surface area contributed by atoms with Gasteiger partial charge in [-0.2, -0.15) is 10.2 Å². The molecule has 0 radical (unpaired) electrons. The predicted octanol–water partition coefficient (Wildman–Crippen LogP) is 1.05. The van der Waals surface area contributed by atoms with E-state index in [1.54, 1.807) is 6.92 Å². The third-order valence-electron chi connectivity index (χ3n) is 1.70. The van der Waals surface area contributed by atoms with Crippen LogP contribution in [0.15, 0.2) is 6.20 Å². The Morgan fingerprint density at radius 2 is 2.33 bits per heavy atom.